The number of carboxylic acid groups (broad SMARTS) is 1. The molecule has 0 aliphatic rings. The second-order valence-electron chi connectivity index (χ2n) is 8.42. The van der Waals surface area contributed by atoms with E-state index in [4.69, 9.17) is 28.7 Å². The van der Waals surface area contributed by atoms with Crippen LogP contribution in [0.25, 0.3) is 0 Å². The van der Waals surface area contributed by atoms with Gasteiger partial charge in [-0.05, 0) is 25.2 Å². The predicted octanol–water partition coefficient (Wildman–Crippen LogP) is -4.30. The lowest BCUT2D eigenvalue weighted by Gasteiger charge is -2.27. The van der Waals surface area contributed by atoms with E-state index in [1.54, 1.807) is 13.8 Å². The van der Waals surface area contributed by atoms with Crippen LogP contribution in [0.1, 0.15) is 46.0 Å². The van der Waals surface area contributed by atoms with Crippen LogP contribution >= 0.6 is 0 Å². The van der Waals surface area contributed by atoms with E-state index < -0.39 is 72.0 Å². The molecular weight excluding hydrogens is 478 g/mol. The van der Waals surface area contributed by atoms with Gasteiger partial charge >= 0.3 is 5.97 Å². The number of nitrogens with zero attached hydrogens (tertiary/aromatic N) is 1. The molecule has 0 aliphatic heterocycles. The average Bonchev–Trinajstić information content (AvgIpc) is 2.75. The van der Waals surface area contributed by atoms with Gasteiger partial charge in [-0.2, -0.15) is 0 Å². The molecule has 0 heterocycles. The molecule has 0 spiro atoms. The normalized spacial score (nSPS) is 14.0. The maximum absolute atomic E-state index is 12.9. The molecule has 0 fully saturated rings. The number of amides is 5. The van der Waals surface area contributed by atoms with E-state index in [9.17, 15) is 33.9 Å². The van der Waals surface area contributed by atoms with Gasteiger partial charge in [-0.1, -0.05) is 13.8 Å². The third-order valence-electron chi connectivity index (χ3n) is 4.88. The van der Waals surface area contributed by atoms with Crippen molar-refractivity contribution in [2.75, 3.05) is 6.54 Å². The zero-order valence-corrected chi connectivity index (χ0v) is 20.4. The van der Waals surface area contributed by atoms with Crippen LogP contribution in [0.4, 0.5) is 0 Å². The summed E-state index contributed by atoms with van der Waals surface area (Å²) in [6.45, 7) is 3.38. The molecule has 4 unspecified atom stereocenters. The summed E-state index contributed by atoms with van der Waals surface area (Å²) in [5.41, 5.74) is 26.2. The maximum Gasteiger partial charge on any atom is 0.326 e. The molecular formula is C20H37N9O7. The Morgan fingerprint density at radius 2 is 1.39 bits per heavy atom. The van der Waals surface area contributed by atoms with Gasteiger partial charge in [-0.3, -0.25) is 29.0 Å². The van der Waals surface area contributed by atoms with Crippen LogP contribution in [0.15, 0.2) is 4.99 Å². The zero-order valence-electron chi connectivity index (χ0n) is 20.4. The summed E-state index contributed by atoms with van der Waals surface area (Å²) in [5.74, 6) is -6.02. The number of nitrogens with one attached hydrogen (secondary N) is 3. The van der Waals surface area contributed by atoms with Gasteiger partial charge in [0.2, 0.25) is 29.5 Å². The van der Waals surface area contributed by atoms with Crippen molar-refractivity contribution in [2.45, 2.75) is 70.1 Å². The first kappa shape index (κ1) is 32.0. The Kier molecular flexibility index (Phi) is 14.1. The third kappa shape index (κ3) is 13.1. The van der Waals surface area contributed by atoms with Crippen LogP contribution in [-0.4, -0.2) is 77.3 Å². The fraction of sp³-hybridized carbons (Fsp3) is 0.650. The number of guanidine groups is 1. The molecule has 36 heavy (non-hydrogen) atoms. The molecule has 0 radical (unpaired) electrons. The first-order valence-corrected chi connectivity index (χ1v) is 11.2. The van der Waals surface area contributed by atoms with Crippen LogP contribution in [0.2, 0.25) is 0 Å². The highest BCUT2D eigenvalue weighted by molar-refractivity contribution is 5.95. The first-order chi connectivity index (χ1) is 16.6. The van der Waals surface area contributed by atoms with E-state index in [-0.39, 0.29) is 38.2 Å². The molecule has 0 aromatic rings. The number of aliphatic imine (C=N–C) groups is 1. The van der Waals surface area contributed by atoms with Crippen molar-refractivity contribution < 1.29 is 33.9 Å². The Labute approximate surface area is 208 Å². The van der Waals surface area contributed by atoms with Crippen molar-refractivity contribution >= 4 is 41.5 Å². The lowest BCUT2D eigenvalue weighted by Crippen LogP contribution is -2.58. The number of hydrogen-bond donors (Lipinski definition) is 9. The second-order valence-corrected chi connectivity index (χ2v) is 8.42. The van der Waals surface area contributed by atoms with E-state index in [0.29, 0.717) is 0 Å². The van der Waals surface area contributed by atoms with Crippen LogP contribution in [0.5, 0.6) is 0 Å². The summed E-state index contributed by atoms with van der Waals surface area (Å²) in [4.78, 5) is 75.5. The molecule has 0 saturated carbocycles. The highest BCUT2D eigenvalue weighted by atomic mass is 16.4. The number of aliphatic carboxylic acids is 1. The van der Waals surface area contributed by atoms with Crippen molar-refractivity contribution in [3.63, 3.8) is 0 Å². The maximum atomic E-state index is 12.9. The van der Waals surface area contributed by atoms with Crippen LogP contribution in [0, 0.1) is 5.92 Å². The van der Waals surface area contributed by atoms with E-state index in [2.05, 4.69) is 20.9 Å². The van der Waals surface area contributed by atoms with Crippen LogP contribution in [-0.2, 0) is 28.8 Å². The van der Waals surface area contributed by atoms with Crippen molar-refractivity contribution in [1.29, 1.82) is 0 Å². The number of primary amides is 2. The fourth-order valence-electron chi connectivity index (χ4n) is 2.95. The minimum atomic E-state index is -1.34. The monoisotopic (exact) mass is 515 g/mol. The molecule has 0 rings (SSSR count). The van der Waals surface area contributed by atoms with Gasteiger partial charge in [0.25, 0.3) is 0 Å². The molecule has 0 aliphatic carbocycles. The minimum Gasteiger partial charge on any atom is -0.480 e. The van der Waals surface area contributed by atoms with E-state index in [1.807, 2.05) is 0 Å². The predicted molar refractivity (Wildman–Crippen MR) is 128 cm³/mol. The van der Waals surface area contributed by atoms with Crippen molar-refractivity contribution in [3.8, 4) is 0 Å². The molecule has 0 saturated heterocycles. The molecule has 16 nitrogen and oxygen atoms in total. The van der Waals surface area contributed by atoms with Crippen molar-refractivity contribution in [1.82, 2.24) is 16.0 Å². The number of nitrogens with two attached hydrogens (primary N) is 5. The third-order valence-corrected chi connectivity index (χ3v) is 4.88. The van der Waals surface area contributed by atoms with Gasteiger partial charge in [0.1, 0.15) is 18.1 Å². The van der Waals surface area contributed by atoms with E-state index >= 15 is 0 Å². The second kappa shape index (κ2) is 15.9. The van der Waals surface area contributed by atoms with Gasteiger partial charge in [0.15, 0.2) is 5.96 Å². The Bertz CT molecular complexity index is 843. The topological polar surface area (TPSA) is 301 Å². The Morgan fingerprint density at radius 1 is 0.806 bits per heavy atom. The SMILES string of the molecule is CC(C)C(NC(=O)C(CCC(N)=O)NC(=O)C(N)CC(N)=O)C(=O)NC(CCCN=C(N)N)C(=O)O. The number of carboxylic acids is 1. The summed E-state index contributed by atoms with van der Waals surface area (Å²) >= 11 is 0. The van der Waals surface area contributed by atoms with E-state index in [1.165, 1.54) is 0 Å². The number of hydrogen-bond acceptors (Lipinski definition) is 8. The zero-order chi connectivity index (χ0) is 28.0. The van der Waals surface area contributed by atoms with Gasteiger partial charge in [0, 0.05) is 13.0 Å². The number of carbonyl (C=O) groups is 6. The fourth-order valence-corrected chi connectivity index (χ4v) is 2.95. The van der Waals surface area contributed by atoms with Gasteiger partial charge in [-0.15, -0.1) is 0 Å². The van der Waals surface area contributed by atoms with Gasteiger partial charge in [0.05, 0.1) is 12.5 Å². The van der Waals surface area contributed by atoms with Crippen LogP contribution in [0.3, 0.4) is 0 Å². The first-order valence-electron chi connectivity index (χ1n) is 11.2. The molecule has 16 heteroatoms. The standard InChI is InChI=1S/C20H37N9O7/c1-9(2)15(18(34)28-12(19(35)36)4-3-7-26-20(24)25)29-17(33)11(5-6-13(22)30)27-16(32)10(21)8-14(23)31/h9-12,15H,3-8,21H2,1-2H3,(H2,22,30)(H2,23,31)(H,27,32)(H,28,34)(H,29,33)(H,35,36)(H4,24,25,26). The summed E-state index contributed by atoms with van der Waals surface area (Å²) in [6.07, 6.45) is -0.691. The largest absolute Gasteiger partial charge is 0.480 e. The molecule has 204 valence electrons. The molecule has 0 aromatic heterocycles. The summed E-state index contributed by atoms with van der Waals surface area (Å²) in [6, 6.07) is -5.13. The smallest absolute Gasteiger partial charge is 0.326 e. The Balaban J connectivity index is 5.45. The molecule has 0 aromatic carbocycles. The molecule has 5 amide bonds. The van der Waals surface area contributed by atoms with Crippen molar-refractivity contribution in [3.05, 3.63) is 0 Å². The number of rotatable bonds is 17. The van der Waals surface area contributed by atoms with E-state index in [0.717, 1.165) is 0 Å². The summed E-state index contributed by atoms with van der Waals surface area (Å²) < 4.78 is 0. The van der Waals surface area contributed by atoms with Crippen molar-refractivity contribution in [2.24, 2.45) is 39.6 Å². The highest BCUT2D eigenvalue weighted by Crippen LogP contribution is 2.07. The Morgan fingerprint density at radius 3 is 1.86 bits per heavy atom. The quantitative estimate of drug-likeness (QED) is 0.0509. The molecule has 4 atom stereocenters. The molecule has 0 bridgehead atoms. The van der Waals surface area contributed by atoms with Gasteiger partial charge < -0.3 is 49.7 Å². The summed E-state index contributed by atoms with van der Waals surface area (Å²) in [7, 11) is 0. The average molecular weight is 516 g/mol. The minimum absolute atomic E-state index is 0.0195. The van der Waals surface area contributed by atoms with Gasteiger partial charge in [-0.25, -0.2) is 4.79 Å². The number of carbonyl (C=O) groups excluding carboxylic acids is 5. The van der Waals surface area contributed by atoms with Crippen LogP contribution < -0.4 is 44.6 Å². The highest BCUT2D eigenvalue weighted by Gasteiger charge is 2.32. The Hall–Kier alpha value is -3.95. The summed E-state index contributed by atoms with van der Waals surface area (Å²) in [5, 5.41) is 16.6. The lowest BCUT2D eigenvalue weighted by atomic mass is 10.0. The lowest BCUT2D eigenvalue weighted by molar-refractivity contribution is -0.142. The molecule has 14 N–H and O–H groups in total.